The molecule has 0 fully saturated rings. The van der Waals surface area contributed by atoms with Crippen LogP contribution in [-0.2, 0) is 5.41 Å². The van der Waals surface area contributed by atoms with Crippen LogP contribution in [0.15, 0.2) is 6.07 Å². The van der Waals surface area contributed by atoms with Gasteiger partial charge >= 0.3 is 0 Å². The Labute approximate surface area is 80.5 Å². The molecule has 1 rings (SSSR count). The molecule has 2 N–H and O–H groups in total. The monoisotopic (exact) mass is 265 g/mol. The number of hydrogen-bond donors (Lipinski definition) is 2. The third-order valence-electron chi connectivity index (χ3n) is 1.48. The van der Waals surface area contributed by atoms with Gasteiger partial charge in [0.25, 0.3) is 0 Å². The highest BCUT2D eigenvalue weighted by Crippen LogP contribution is 2.22. The lowest BCUT2D eigenvalue weighted by molar-refractivity contribution is 0.567. The average molecular weight is 265 g/mol. The number of nitrogens with one attached hydrogen (secondary N) is 2. The van der Waals surface area contributed by atoms with Crippen LogP contribution in [0.1, 0.15) is 26.5 Å². The SMILES string of the molecule is CC(C)(C)c1cc(NI)n[nH]1. The van der Waals surface area contributed by atoms with E-state index < -0.39 is 0 Å². The minimum absolute atomic E-state index is 0.152. The van der Waals surface area contributed by atoms with Crippen molar-refractivity contribution in [2.24, 2.45) is 0 Å². The van der Waals surface area contributed by atoms with Crippen molar-refractivity contribution in [3.05, 3.63) is 11.8 Å². The Bertz CT molecular complexity index is 236. The van der Waals surface area contributed by atoms with E-state index in [1.807, 2.05) is 6.07 Å². The summed E-state index contributed by atoms with van der Waals surface area (Å²) in [5, 5.41) is 7.04. The molecule has 1 aromatic rings. The Hall–Kier alpha value is -0.260. The van der Waals surface area contributed by atoms with Crippen LogP contribution in [-0.4, -0.2) is 10.2 Å². The number of anilines is 1. The molecule has 0 aliphatic rings. The van der Waals surface area contributed by atoms with E-state index in [9.17, 15) is 0 Å². The predicted octanol–water partition coefficient (Wildman–Crippen LogP) is 2.47. The van der Waals surface area contributed by atoms with Gasteiger partial charge in [0.2, 0.25) is 0 Å². The number of aromatic amines is 1. The molecule has 0 spiro atoms. The van der Waals surface area contributed by atoms with Crippen molar-refractivity contribution in [3.8, 4) is 0 Å². The summed E-state index contributed by atoms with van der Waals surface area (Å²) < 4.78 is 2.95. The molecular formula is C7H12IN3. The zero-order valence-corrected chi connectivity index (χ0v) is 9.06. The third kappa shape index (κ3) is 2.08. The van der Waals surface area contributed by atoms with Crippen molar-refractivity contribution in [2.45, 2.75) is 26.2 Å². The molecule has 0 radical (unpaired) electrons. The summed E-state index contributed by atoms with van der Waals surface area (Å²) in [5.41, 5.74) is 1.30. The quantitative estimate of drug-likeness (QED) is 0.605. The van der Waals surface area contributed by atoms with Crippen LogP contribution in [0.2, 0.25) is 0 Å². The second-order valence-corrected chi connectivity index (χ2v) is 4.05. The molecule has 1 aromatic heterocycles. The second kappa shape index (κ2) is 3.00. The Morgan fingerprint density at radius 2 is 2.18 bits per heavy atom. The molecule has 11 heavy (non-hydrogen) atoms. The first-order valence-electron chi connectivity index (χ1n) is 3.46. The summed E-state index contributed by atoms with van der Waals surface area (Å²) in [6.45, 7) is 6.45. The van der Waals surface area contributed by atoms with Crippen LogP contribution in [0.25, 0.3) is 0 Å². The van der Waals surface area contributed by atoms with E-state index >= 15 is 0 Å². The van der Waals surface area contributed by atoms with Crippen molar-refractivity contribution in [1.82, 2.24) is 10.2 Å². The van der Waals surface area contributed by atoms with Crippen LogP contribution in [0, 0.1) is 0 Å². The molecule has 4 heteroatoms. The number of H-pyrrole nitrogens is 1. The number of nitrogens with zero attached hydrogens (tertiary/aromatic N) is 1. The molecule has 0 saturated carbocycles. The highest BCUT2D eigenvalue weighted by molar-refractivity contribution is 14.1. The van der Waals surface area contributed by atoms with Crippen LogP contribution in [0.4, 0.5) is 5.82 Å². The lowest BCUT2D eigenvalue weighted by Crippen LogP contribution is -2.11. The summed E-state index contributed by atoms with van der Waals surface area (Å²) in [5.74, 6) is 0.885. The van der Waals surface area contributed by atoms with Crippen molar-refractivity contribution < 1.29 is 0 Å². The molecule has 0 unspecified atom stereocenters. The lowest BCUT2D eigenvalue weighted by Gasteiger charge is -2.14. The fraction of sp³-hybridized carbons (Fsp3) is 0.571. The van der Waals surface area contributed by atoms with Gasteiger partial charge in [0.1, 0.15) is 0 Å². The lowest BCUT2D eigenvalue weighted by atomic mass is 9.92. The minimum atomic E-state index is 0.152. The zero-order valence-electron chi connectivity index (χ0n) is 6.90. The first-order valence-corrected chi connectivity index (χ1v) is 4.54. The number of rotatable bonds is 1. The first-order chi connectivity index (χ1) is 5.04. The normalized spacial score (nSPS) is 11.6. The van der Waals surface area contributed by atoms with Gasteiger partial charge in [-0.2, -0.15) is 5.10 Å². The molecule has 62 valence electrons. The van der Waals surface area contributed by atoms with E-state index in [2.05, 4.69) is 57.4 Å². The fourth-order valence-electron chi connectivity index (χ4n) is 0.754. The van der Waals surface area contributed by atoms with Crippen molar-refractivity contribution in [3.63, 3.8) is 0 Å². The van der Waals surface area contributed by atoms with E-state index in [-0.39, 0.29) is 5.41 Å². The molecule has 0 saturated heterocycles. The van der Waals surface area contributed by atoms with Gasteiger partial charge < -0.3 is 3.53 Å². The van der Waals surface area contributed by atoms with Crippen molar-refractivity contribution in [2.75, 3.05) is 3.53 Å². The maximum atomic E-state index is 4.06. The topological polar surface area (TPSA) is 40.7 Å². The van der Waals surface area contributed by atoms with Gasteiger partial charge in [-0.25, -0.2) is 0 Å². The van der Waals surface area contributed by atoms with Gasteiger partial charge in [-0.15, -0.1) is 0 Å². The van der Waals surface area contributed by atoms with Gasteiger partial charge in [0, 0.05) is 17.2 Å². The van der Waals surface area contributed by atoms with Gasteiger partial charge in [-0.1, -0.05) is 20.8 Å². The molecule has 0 aromatic carbocycles. The fourth-order valence-corrected chi connectivity index (χ4v) is 1.03. The van der Waals surface area contributed by atoms with Gasteiger partial charge in [-0.05, 0) is 0 Å². The van der Waals surface area contributed by atoms with Gasteiger partial charge in [-0.3, -0.25) is 5.10 Å². The molecule has 1 heterocycles. The third-order valence-corrected chi connectivity index (χ3v) is 2.04. The van der Waals surface area contributed by atoms with Crippen LogP contribution >= 0.6 is 22.9 Å². The Balaban J connectivity index is 2.89. The van der Waals surface area contributed by atoms with Gasteiger partial charge in [0.15, 0.2) is 5.82 Å². The Kier molecular flexibility index (Phi) is 2.41. The largest absolute Gasteiger partial charge is 0.312 e. The molecule has 0 aliphatic heterocycles. The number of hydrogen-bond acceptors (Lipinski definition) is 2. The van der Waals surface area contributed by atoms with Crippen LogP contribution in [0.3, 0.4) is 0 Å². The molecule has 0 aliphatic carbocycles. The van der Waals surface area contributed by atoms with E-state index in [4.69, 9.17) is 0 Å². The first kappa shape index (κ1) is 8.83. The average Bonchev–Trinajstić information content (AvgIpc) is 2.32. The molecule has 0 atom stereocenters. The minimum Gasteiger partial charge on any atom is -0.312 e. The van der Waals surface area contributed by atoms with E-state index in [1.165, 1.54) is 0 Å². The number of halogens is 1. The molecule has 0 bridgehead atoms. The maximum absolute atomic E-state index is 4.06. The van der Waals surface area contributed by atoms with E-state index in [0.29, 0.717) is 0 Å². The van der Waals surface area contributed by atoms with Crippen LogP contribution < -0.4 is 3.53 Å². The summed E-state index contributed by atoms with van der Waals surface area (Å²) in [7, 11) is 0. The Morgan fingerprint density at radius 1 is 1.55 bits per heavy atom. The van der Waals surface area contributed by atoms with Crippen molar-refractivity contribution in [1.29, 1.82) is 0 Å². The zero-order chi connectivity index (χ0) is 8.48. The molecule has 3 nitrogen and oxygen atoms in total. The second-order valence-electron chi connectivity index (χ2n) is 3.51. The van der Waals surface area contributed by atoms with E-state index in [1.54, 1.807) is 0 Å². The van der Waals surface area contributed by atoms with Gasteiger partial charge in [0.05, 0.1) is 22.9 Å². The predicted molar refractivity (Wildman–Crippen MR) is 54.9 cm³/mol. The molecular weight excluding hydrogens is 253 g/mol. The smallest absolute Gasteiger partial charge is 0.156 e. The number of aromatic nitrogens is 2. The maximum Gasteiger partial charge on any atom is 0.156 e. The highest BCUT2D eigenvalue weighted by Gasteiger charge is 2.15. The van der Waals surface area contributed by atoms with Crippen molar-refractivity contribution >= 4 is 28.7 Å². The van der Waals surface area contributed by atoms with Crippen LogP contribution in [0.5, 0.6) is 0 Å². The summed E-state index contributed by atoms with van der Waals surface area (Å²) in [6.07, 6.45) is 0. The summed E-state index contributed by atoms with van der Waals surface area (Å²) >= 11 is 2.06. The Morgan fingerprint density at radius 3 is 2.45 bits per heavy atom. The summed E-state index contributed by atoms with van der Waals surface area (Å²) in [6, 6.07) is 2.02. The standard InChI is InChI=1S/C7H12IN3/c1-7(2,3)5-4-6(9-8)11-10-5/h4H,1-3H3,(H2,9,10,11). The molecule has 0 amide bonds. The summed E-state index contributed by atoms with van der Waals surface area (Å²) in [4.78, 5) is 0. The highest BCUT2D eigenvalue weighted by atomic mass is 127. The van der Waals surface area contributed by atoms with E-state index in [0.717, 1.165) is 11.5 Å².